The number of carbonyl (C=O) groups is 1. The number of hydrogen-bond acceptors (Lipinski definition) is 3. The molecule has 2 rings (SSSR count). The Morgan fingerprint density at radius 3 is 2.61 bits per heavy atom. The van der Waals surface area contributed by atoms with Gasteiger partial charge in [-0.05, 0) is 38.8 Å². The van der Waals surface area contributed by atoms with Crippen LogP contribution in [-0.2, 0) is 4.79 Å². The minimum absolute atomic E-state index is 0.234. The van der Waals surface area contributed by atoms with Gasteiger partial charge in [-0.15, -0.1) is 0 Å². The zero-order valence-corrected chi connectivity index (χ0v) is 11.5. The molecule has 0 radical (unpaired) electrons. The van der Waals surface area contributed by atoms with Gasteiger partial charge in [0.1, 0.15) is 0 Å². The van der Waals surface area contributed by atoms with Gasteiger partial charge in [0.2, 0.25) is 0 Å². The molecule has 104 valence electrons. The molecule has 2 unspecified atom stereocenters. The summed E-state index contributed by atoms with van der Waals surface area (Å²) < 4.78 is 0. The van der Waals surface area contributed by atoms with Crippen molar-refractivity contribution in [2.24, 2.45) is 0 Å². The number of hydrogen-bond donors (Lipinski definition) is 1. The highest BCUT2D eigenvalue weighted by Gasteiger charge is 2.32. The van der Waals surface area contributed by atoms with Gasteiger partial charge in [-0.2, -0.15) is 0 Å². The van der Waals surface area contributed by atoms with E-state index in [1.54, 1.807) is 0 Å². The Kier molecular flexibility index (Phi) is 5.01. The molecular weight excluding hydrogens is 228 g/mol. The number of nitrogens with zero attached hydrogens (tertiary/aromatic N) is 2. The lowest BCUT2D eigenvalue weighted by atomic mass is 10.1. The molecular formula is C14H26N2O2. The first kappa shape index (κ1) is 13.8. The van der Waals surface area contributed by atoms with E-state index in [0.717, 1.165) is 19.5 Å². The summed E-state index contributed by atoms with van der Waals surface area (Å²) in [7, 11) is 0. The molecule has 0 spiro atoms. The predicted molar refractivity (Wildman–Crippen MR) is 71.7 cm³/mol. The van der Waals surface area contributed by atoms with Crippen molar-refractivity contribution in [3.63, 3.8) is 0 Å². The molecule has 0 saturated carbocycles. The molecule has 0 bridgehead atoms. The van der Waals surface area contributed by atoms with E-state index >= 15 is 0 Å². The van der Waals surface area contributed by atoms with E-state index in [4.69, 9.17) is 5.11 Å². The van der Waals surface area contributed by atoms with Crippen LogP contribution in [-0.4, -0.2) is 59.1 Å². The van der Waals surface area contributed by atoms with Crippen molar-refractivity contribution >= 4 is 5.97 Å². The van der Waals surface area contributed by atoms with Crippen LogP contribution in [0.25, 0.3) is 0 Å². The van der Waals surface area contributed by atoms with Crippen LogP contribution in [0, 0.1) is 0 Å². The monoisotopic (exact) mass is 254 g/mol. The lowest BCUT2D eigenvalue weighted by molar-refractivity contribution is -0.138. The fourth-order valence-corrected chi connectivity index (χ4v) is 3.41. The second-order valence-electron chi connectivity index (χ2n) is 5.69. The third-order valence-electron chi connectivity index (χ3n) is 4.50. The van der Waals surface area contributed by atoms with Crippen molar-refractivity contribution in [3.05, 3.63) is 0 Å². The number of aliphatic carboxylic acids is 1. The molecule has 0 aromatic carbocycles. The van der Waals surface area contributed by atoms with E-state index in [1.165, 1.54) is 38.8 Å². The summed E-state index contributed by atoms with van der Waals surface area (Å²) in [5, 5.41) is 8.95. The van der Waals surface area contributed by atoms with E-state index in [9.17, 15) is 4.79 Å². The highest BCUT2D eigenvalue weighted by Crippen LogP contribution is 2.23. The van der Waals surface area contributed by atoms with E-state index in [-0.39, 0.29) is 6.04 Å². The number of likely N-dealkylation sites (tertiary alicyclic amines) is 2. The molecule has 0 amide bonds. The molecule has 2 aliphatic heterocycles. The van der Waals surface area contributed by atoms with Gasteiger partial charge in [0, 0.05) is 25.2 Å². The number of carboxylic acid groups (broad SMARTS) is 1. The summed E-state index contributed by atoms with van der Waals surface area (Å²) in [6.45, 7) is 6.74. The predicted octanol–water partition coefficient (Wildman–Crippen LogP) is 1.80. The standard InChI is InChI=1S/C14H26N2O2/c1-2-12(10-14(17)18)16-9-6-13(11-16)15-7-4-3-5-8-15/h12-13H,2-11H2,1H3,(H,17,18). The Labute approximate surface area is 110 Å². The fraction of sp³-hybridized carbons (Fsp3) is 0.929. The van der Waals surface area contributed by atoms with Gasteiger partial charge in [-0.3, -0.25) is 14.6 Å². The second kappa shape index (κ2) is 6.53. The summed E-state index contributed by atoms with van der Waals surface area (Å²) in [4.78, 5) is 15.9. The van der Waals surface area contributed by atoms with Gasteiger partial charge >= 0.3 is 5.97 Å². The van der Waals surface area contributed by atoms with E-state index in [1.807, 2.05) is 0 Å². The van der Waals surface area contributed by atoms with Gasteiger partial charge < -0.3 is 5.11 Å². The third-order valence-corrected chi connectivity index (χ3v) is 4.50. The topological polar surface area (TPSA) is 43.8 Å². The number of piperidine rings is 1. The zero-order chi connectivity index (χ0) is 13.0. The van der Waals surface area contributed by atoms with Crippen molar-refractivity contribution in [2.45, 2.75) is 57.5 Å². The van der Waals surface area contributed by atoms with E-state index in [2.05, 4.69) is 16.7 Å². The Bertz CT molecular complexity index is 277. The molecule has 0 aromatic rings. The van der Waals surface area contributed by atoms with Crippen LogP contribution in [0.2, 0.25) is 0 Å². The van der Waals surface area contributed by atoms with Crippen molar-refractivity contribution in [3.8, 4) is 0 Å². The smallest absolute Gasteiger partial charge is 0.304 e. The fourth-order valence-electron chi connectivity index (χ4n) is 3.41. The minimum Gasteiger partial charge on any atom is -0.481 e. The first-order chi connectivity index (χ1) is 8.70. The molecule has 0 aromatic heterocycles. The lowest BCUT2D eigenvalue weighted by Gasteiger charge is -2.33. The van der Waals surface area contributed by atoms with Crippen molar-refractivity contribution in [1.29, 1.82) is 0 Å². The zero-order valence-electron chi connectivity index (χ0n) is 11.5. The van der Waals surface area contributed by atoms with Crippen molar-refractivity contribution < 1.29 is 9.90 Å². The quantitative estimate of drug-likeness (QED) is 0.812. The molecule has 18 heavy (non-hydrogen) atoms. The Morgan fingerprint density at radius 1 is 1.28 bits per heavy atom. The Balaban J connectivity index is 1.84. The first-order valence-electron chi connectivity index (χ1n) is 7.40. The summed E-state index contributed by atoms with van der Waals surface area (Å²) in [6.07, 6.45) is 6.51. The largest absolute Gasteiger partial charge is 0.481 e. The maximum atomic E-state index is 10.9. The lowest BCUT2D eigenvalue weighted by Crippen LogP contribution is -2.42. The van der Waals surface area contributed by atoms with Gasteiger partial charge in [-0.25, -0.2) is 0 Å². The highest BCUT2D eigenvalue weighted by molar-refractivity contribution is 5.67. The number of carboxylic acids is 1. The van der Waals surface area contributed by atoms with Crippen LogP contribution < -0.4 is 0 Å². The van der Waals surface area contributed by atoms with Crippen LogP contribution in [0.15, 0.2) is 0 Å². The van der Waals surface area contributed by atoms with Crippen molar-refractivity contribution in [1.82, 2.24) is 9.80 Å². The van der Waals surface area contributed by atoms with Gasteiger partial charge in [-0.1, -0.05) is 13.3 Å². The normalized spacial score (nSPS) is 28.4. The first-order valence-corrected chi connectivity index (χ1v) is 7.40. The van der Waals surface area contributed by atoms with Gasteiger partial charge in [0.15, 0.2) is 0 Å². The molecule has 2 aliphatic rings. The van der Waals surface area contributed by atoms with Crippen LogP contribution in [0.4, 0.5) is 0 Å². The molecule has 2 atom stereocenters. The molecule has 2 heterocycles. The molecule has 4 nitrogen and oxygen atoms in total. The maximum Gasteiger partial charge on any atom is 0.304 e. The molecule has 4 heteroatoms. The molecule has 2 saturated heterocycles. The third kappa shape index (κ3) is 3.45. The van der Waals surface area contributed by atoms with Crippen LogP contribution in [0.1, 0.15) is 45.4 Å². The van der Waals surface area contributed by atoms with Crippen LogP contribution >= 0.6 is 0 Å². The molecule has 1 N–H and O–H groups in total. The molecule has 2 fully saturated rings. The summed E-state index contributed by atoms with van der Waals surface area (Å²) in [5.41, 5.74) is 0. The SMILES string of the molecule is CCC(CC(=O)O)N1CCC(N2CCCCC2)C1. The maximum absolute atomic E-state index is 10.9. The van der Waals surface area contributed by atoms with Gasteiger partial charge in [0.25, 0.3) is 0 Å². The van der Waals surface area contributed by atoms with E-state index < -0.39 is 5.97 Å². The minimum atomic E-state index is -0.664. The van der Waals surface area contributed by atoms with Crippen LogP contribution in [0.3, 0.4) is 0 Å². The summed E-state index contributed by atoms with van der Waals surface area (Å²) in [6, 6.07) is 0.908. The number of rotatable bonds is 5. The summed E-state index contributed by atoms with van der Waals surface area (Å²) in [5.74, 6) is -0.664. The summed E-state index contributed by atoms with van der Waals surface area (Å²) >= 11 is 0. The van der Waals surface area contributed by atoms with Crippen LogP contribution in [0.5, 0.6) is 0 Å². The molecule has 0 aliphatic carbocycles. The Hall–Kier alpha value is -0.610. The Morgan fingerprint density at radius 2 is 2.00 bits per heavy atom. The average molecular weight is 254 g/mol. The highest BCUT2D eigenvalue weighted by atomic mass is 16.4. The van der Waals surface area contributed by atoms with E-state index in [0.29, 0.717) is 12.5 Å². The van der Waals surface area contributed by atoms with Crippen molar-refractivity contribution in [2.75, 3.05) is 26.2 Å². The average Bonchev–Trinajstić information content (AvgIpc) is 2.86. The van der Waals surface area contributed by atoms with Gasteiger partial charge in [0.05, 0.1) is 6.42 Å². The second-order valence-corrected chi connectivity index (χ2v) is 5.69.